The molecule has 0 unspecified atom stereocenters. The maximum absolute atomic E-state index is 10.3. The van der Waals surface area contributed by atoms with Gasteiger partial charge in [-0.1, -0.05) is 26.5 Å². The molecule has 2 rings (SSSR count). The number of benzene rings is 2. The summed E-state index contributed by atoms with van der Waals surface area (Å²) in [5.41, 5.74) is 7.35. The molecule has 2 aromatic carbocycles. The molecule has 0 aliphatic rings. The fraction of sp³-hybridized carbons (Fsp3) is 0.250. The van der Waals surface area contributed by atoms with Gasteiger partial charge in [0.2, 0.25) is 0 Å². The van der Waals surface area contributed by atoms with Crippen molar-refractivity contribution < 1.29 is 9.85 Å². The van der Waals surface area contributed by atoms with Crippen molar-refractivity contribution in [1.82, 2.24) is 6.15 Å². The van der Waals surface area contributed by atoms with Crippen LogP contribution < -0.4 is 11.9 Å². The van der Waals surface area contributed by atoms with E-state index < -0.39 is 9.85 Å². The lowest BCUT2D eigenvalue weighted by molar-refractivity contribution is -0.385. The minimum Gasteiger partial charge on any atom is -0.399 e. The molecule has 0 aromatic heterocycles. The Hall–Kier alpha value is -2.71. The van der Waals surface area contributed by atoms with Crippen LogP contribution in [0.4, 0.5) is 17.1 Å². The van der Waals surface area contributed by atoms with Crippen LogP contribution in [0.3, 0.4) is 0 Å². The molecule has 0 aliphatic heterocycles. The van der Waals surface area contributed by atoms with Crippen molar-refractivity contribution in [3.63, 3.8) is 0 Å². The summed E-state index contributed by atoms with van der Waals surface area (Å²) in [6.45, 7) is 3.32. The highest BCUT2D eigenvalue weighted by Crippen LogP contribution is 2.21. The van der Waals surface area contributed by atoms with Gasteiger partial charge in [-0.05, 0) is 38.1 Å². The van der Waals surface area contributed by atoms with Gasteiger partial charge in [-0.25, -0.2) is 0 Å². The van der Waals surface area contributed by atoms with Crippen molar-refractivity contribution in [2.24, 2.45) is 0 Å². The zero-order valence-electron chi connectivity index (χ0n) is 12.7. The third-order valence-electron chi connectivity index (χ3n) is 2.77. The van der Waals surface area contributed by atoms with Crippen molar-refractivity contribution in [2.45, 2.75) is 28.7 Å². The predicted molar refractivity (Wildman–Crippen MR) is 104 cm³/mol. The zero-order chi connectivity index (χ0) is 16.9. The summed E-state index contributed by atoms with van der Waals surface area (Å²) in [5.74, 6) is 0. The van der Waals surface area contributed by atoms with E-state index >= 15 is 0 Å². The van der Waals surface area contributed by atoms with Crippen molar-refractivity contribution in [3.05, 3.63) is 72.8 Å². The summed E-state index contributed by atoms with van der Waals surface area (Å²) in [6, 6.07) is 8.98. The Morgan fingerprint density at radius 3 is 1.64 bits per heavy atom. The molecule has 5 N–H and O–H groups in total. The Morgan fingerprint density at radius 1 is 0.880 bits per heavy atom. The minimum atomic E-state index is -0.425. The van der Waals surface area contributed by atoms with E-state index in [4.69, 9.17) is 17.3 Å². The largest absolute Gasteiger partial charge is 0.399 e. The van der Waals surface area contributed by atoms with E-state index in [1.54, 1.807) is 26.0 Å². The van der Waals surface area contributed by atoms with E-state index in [0.717, 1.165) is 0 Å². The van der Waals surface area contributed by atoms with Crippen LogP contribution in [0.2, 0.25) is 5.02 Å². The summed E-state index contributed by atoms with van der Waals surface area (Å²) >= 11 is 5.60. The van der Waals surface area contributed by atoms with E-state index in [9.17, 15) is 20.2 Å². The third-order valence-corrected chi connectivity index (χ3v) is 3.01. The van der Waals surface area contributed by atoms with Crippen molar-refractivity contribution in [1.29, 1.82) is 0 Å². The maximum Gasteiger partial charge on any atom is 0.272 e. The van der Waals surface area contributed by atoms with E-state index in [1.165, 1.54) is 24.3 Å². The first-order chi connectivity index (χ1) is 10.2. The van der Waals surface area contributed by atoms with Gasteiger partial charge in [0, 0.05) is 34.0 Å². The summed E-state index contributed by atoms with van der Waals surface area (Å²) in [7, 11) is 0. The molecule has 9 heteroatoms. The van der Waals surface area contributed by atoms with Crippen LogP contribution in [0.5, 0.6) is 0 Å². The van der Waals surface area contributed by atoms with Gasteiger partial charge in [-0.3, -0.25) is 20.2 Å². The summed E-state index contributed by atoms with van der Waals surface area (Å²) in [6.07, 6.45) is 0. The fourth-order valence-corrected chi connectivity index (χ4v) is 1.93. The van der Waals surface area contributed by atoms with Crippen molar-refractivity contribution in [3.8, 4) is 0 Å². The van der Waals surface area contributed by atoms with Crippen LogP contribution in [-0.2, 0) is 0 Å². The Morgan fingerprint density at radius 2 is 1.28 bits per heavy atom. The van der Waals surface area contributed by atoms with Crippen LogP contribution in [0.1, 0.15) is 26.0 Å². The van der Waals surface area contributed by atoms with E-state index in [1.807, 2.05) is 0 Å². The smallest absolute Gasteiger partial charge is 0.272 e. The molecule has 25 heavy (non-hydrogen) atoms. The minimum absolute atomic E-state index is 0. The highest BCUT2D eigenvalue weighted by molar-refractivity contribution is 6.30. The highest BCUT2D eigenvalue weighted by atomic mass is 35.5. The second-order valence-corrected chi connectivity index (χ2v) is 4.93. The van der Waals surface area contributed by atoms with Gasteiger partial charge in [0.05, 0.1) is 9.85 Å². The molecule has 2 aromatic rings. The fourth-order valence-electron chi connectivity index (χ4n) is 1.71. The van der Waals surface area contributed by atoms with Gasteiger partial charge in [-0.2, -0.15) is 0 Å². The molecule has 0 spiro atoms. The molecule has 0 radical (unpaired) electrons. The van der Waals surface area contributed by atoms with E-state index in [-0.39, 0.29) is 32.4 Å². The molecule has 0 saturated heterocycles. The van der Waals surface area contributed by atoms with Gasteiger partial charge in [0.25, 0.3) is 11.4 Å². The quantitative estimate of drug-likeness (QED) is 0.405. The molecule has 0 heterocycles. The van der Waals surface area contributed by atoms with Gasteiger partial charge < -0.3 is 11.9 Å². The van der Waals surface area contributed by atoms with E-state index in [0.29, 0.717) is 21.8 Å². The van der Waals surface area contributed by atoms with Gasteiger partial charge in [0.1, 0.15) is 0 Å². The second kappa shape index (κ2) is 11.8. The Bertz CT molecular complexity index is 662. The predicted octanol–water partition coefficient (Wildman–Crippen LogP) is 5.48. The number of halogens is 1. The molecule has 0 amide bonds. The lowest BCUT2D eigenvalue weighted by Crippen LogP contribution is -1.93. The monoisotopic (exact) mass is 372 g/mol. The number of aryl methyl sites for hydroxylation is 2. The lowest BCUT2D eigenvalue weighted by atomic mass is 10.2. The average molecular weight is 373 g/mol. The van der Waals surface area contributed by atoms with Crippen molar-refractivity contribution in [2.75, 3.05) is 5.73 Å². The number of hydrogen-bond acceptors (Lipinski definition) is 6. The van der Waals surface area contributed by atoms with Gasteiger partial charge in [0.15, 0.2) is 0 Å². The van der Waals surface area contributed by atoms with Crippen LogP contribution in [0.25, 0.3) is 0 Å². The van der Waals surface area contributed by atoms with Gasteiger partial charge >= 0.3 is 0 Å². The highest BCUT2D eigenvalue weighted by Gasteiger charge is 2.09. The van der Waals surface area contributed by atoms with Gasteiger partial charge in [-0.15, -0.1) is 0 Å². The molecule has 0 aliphatic carbocycles. The number of nitrogen functional groups attached to an aromatic ring is 1. The molecule has 0 atom stereocenters. The normalized spacial score (nSPS) is 8.44. The number of rotatable bonds is 2. The number of nitro benzene ring substituents is 2. The SMILES string of the molecule is C.C.Cc1cc(Cl)ccc1[N+](=O)[O-].Cc1cc(N)ccc1[N+](=O)[O-].N. The number of anilines is 1. The number of nitrogens with zero attached hydrogens (tertiary/aromatic N) is 2. The molecule has 0 saturated carbocycles. The zero-order valence-corrected chi connectivity index (χ0v) is 13.4. The van der Waals surface area contributed by atoms with E-state index in [2.05, 4.69) is 0 Å². The molecular formula is C16H25ClN4O4. The van der Waals surface area contributed by atoms with Crippen molar-refractivity contribution >= 4 is 28.7 Å². The molecule has 0 fully saturated rings. The van der Waals surface area contributed by atoms with Crippen LogP contribution >= 0.6 is 11.6 Å². The standard InChI is InChI=1S/C7H6ClNO2.C7H8N2O2.2CH4.H3N/c2*1-5-4-6(8)2-3-7(5)9(10)11;;;/h2-4H,1H3;2-4H,8H2,1H3;2*1H4;1H3. The first-order valence-corrected chi connectivity index (χ1v) is 6.51. The maximum atomic E-state index is 10.3. The first-order valence-electron chi connectivity index (χ1n) is 6.13. The molecular weight excluding hydrogens is 348 g/mol. The Labute approximate surface area is 152 Å². The second-order valence-electron chi connectivity index (χ2n) is 4.49. The Balaban J connectivity index is -0.000000346. The number of nitro groups is 2. The third kappa shape index (κ3) is 8.09. The molecule has 8 nitrogen and oxygen atoms in total. The number of nitrogens with two attached hydrogens (primary N) is 1. The summed E-state index contributed by atoms with van der Waals surface area (Å²) < 4.78 is 0. The van der Waals surface area contributed by atoms with Crippen LogP contribution in [-0.4, -0.2) is 9.85 Å². The molecule has 140 valence electrons. The average Bonchev–Trinajstić information content (AvgIpc) is 2.38. The summed E-state index contributed by atoms with van der Waals surface area (Å²) in [4.78, 5) is 19.7. The Kier molecular flexibility index (Phi) is 12.8. The topological polar surface area (TPSA) is 147 Å². The first kappa shape index (κ1) is 27.2. The van der Waals surface area contributed by atoms with Crippen LogP contribution in [0.15, 0.2) is 36.4 Å². The summed E-state index contributed by atoms with van der Waals surface area (Å²) in [5, 5.41) is 21.1. The molecule has 0 bridgehead atoms. The van der Waals surface area contributed by atoms with Crippen LogP contribution in [0, 0.1) is 34.1 Å². The number of hydrogen-bond donors (Lipinski definition) is 2. The lowest BCUT2D eigenvalue weighted by Gasteiger charge is -1.96.